The summed E-state index contributed by atoms with van der Waals surface area (Å²) in [6, 6.07) is 2.06. The van der Waals surface area contributed by atoms with Gasteiger partial charge in [0, 0.05) is 13.0 Å². The molecule has 0 aromatic rings. The molecule has 0 amide bonds. The average molecular weight is 194 g/mol. The smallest absolute Gasteiger partial charge is 0.251 e. The average Bonchev–Trinajstić information content (AvgIpc) is 2.22. The van der Waals surface area contributed by atoms with Crippen LogP contribution in [0.25, 0.3) is 0 Å². The zero-order chi connectivity index (χ0) is 10.4. The molecule has 1 aliphatic rings. The SMILES string of the molecule is CCOC1=CCC(C#N)(OCC)N=C1. The molecule has 0 aromatic heterocycles. The van der Waals surface area contributed by atoms with Crippen molar-refractivity contribution in [2.24, 2.45) is 4.99 Å². The molecule has 0 radical (unpaired) electrons. The number of dihydropyridines is 1. The van der Waals surface area contributed by atoms with E-state index in [1.165, 1.54) is 0 Å². The van der Waals surface area contributed by atoms with Crippen LogP contribution in [0.1, 0.15) is 20.3 Å². The highest BCUT2D eigenvalue weighted by Crippen LogP contribution is 2.22. The Bertz CT molecular complexity index is 291. The van der Waals surface area contributed by atoms with E-state index in [0.717, 1.165) is 0 Å². The number of nitriles is 1. The van der Waals surface area contributed by atoms with E-state index in [0.29, 0.717) is 25.4 Å². The lowest BCUT2D eigenvalue weighted by Crippen LogP contribution is -2.30. The molecule has 1 heterocycles. The first-order chi connectivity index (χ1) is 6.76. The molecular formula is C10H14N2O2. The second-order valence-corrected chi connectivity index (χ2v) is 2.83. The van der Waals surface area contributed by atoms with Crippen molar-refractivity contribution in [1.82, 2.24) is 0 Å². The number of hydrogen-bond donors (Lipinski definition) is 0. The first kappa shape index (κ1) is 10.7. The van der Waals surface area contributed by atoms with Crippen molar-refractivity contribution in [2.75, 3.05) is 13.2 Å². The van der Waals surface area contributed by atoms with Crippen LogP contribution in [0.4, 0.5) is 0 Å². The van der Waals surface area contributed by atoms with E-state index in [-0.39, 0.29) is 0 Å². The number of allylic oxidation sites excluding steroid dienone is 1. The number of aliphatic imine (C=N–C) groups is 1. The largest absolute Gasteiger partial charge is 0.493 e. The van der Waals surface area contributed by atoms with Crippen molar-refractivity contribution in [1.29, 1.82) is 5.26 Å². The fourth-order valence-corrected chi connectivity index (χ4v) is 1.22. The molecule has 0 spiro atoms. The molecule has 0 aromatic carbocycles. The van der Waals surface area contributed by atoms with Crippen molar-refractivity contribution in [3.63, 3.8) is 0 Å². The summed E-state index contributed by atoms with van der Waals surface area (Å²) in [5, 5.41) is 8.93. The van der Waals surface area contributed by atoms with E-state index in [1.807, 2.05) is 19.9 Å². The van der Waals surface area contributed by atoms with Gasteiger partial charge in [0.05, 0.1) is 12.8 Å². The van der Waals surface area contributed by atoms with Gasteiger partial charge in [-0.1, -0.05) is 0 Å². The van der Waals surface area contributed by atoms with Crippen LogP contribution in [0.3, 0.4) is 0 Å². The third-order valence-corrected chi connectivity index (χ3v) is 1.85. The predicted molar refractivity (Wildman–Crippen MR) is 52.8 cm³/mol. The summed E-state index contributed by atoms with van der Waals surface area (Å²) in [6.45, 7) is 4.83. The minimum Gasteiger partial charge on any atom is -0.493 e. The maximum Gasteiger partial charge on any atom is 0.251 e. The zero-order valence-electron chi connectivity index (χ0n) is 8.49. The van der Waals surface area contributed by atoms with Crippen LogP contribution in [0.2, 0.25) is 0 Å². The molecule has 76 valence electrons. The maximum atomic E-state index is 8.93. The lowest BCUT2D eigenvalue weighted by Gasteiger charge is -2.23. The Kier molecular flexibility index (Phi) is 3.66. The molecule has 4 heteroatoms. The Morgan fingerprint density at radius 3 is 2.79 bits per heavy atom. The molecule has 1 aliphatic heterocycles. The molecule has 1 atom stereocenters. The van der Waals surface area contributed by atoms with Gasteiger partial charge in [-0.3, -0.25) is 0 Å². The lowest BCUT2D eigenvalue weighted by atomic mass is 10.1. The molecular weight excluding hydrogens is 180 g/mol. The molecule has 0 bridgehead atoms. The summed E-state index contributed by atoms with van der Waals surface area (Å²) in [5.41, 5.74) is -1.03. The molecule has 0 aliphatic carbocycles. The van der Waals surface area contributed by atoms with Crippen LogP contribution in [0, 0.1) is 11.3 Å². The van der Waals surface area contributed by atoms with Gasteiger partial charge in [0.15, 0.2) is 0 Å². The molecule has 1 unspecified atom stereocenters. The quantitative estimate of drug-likeness (QED) is 0.683. The number of nitrogens with zero attached hydrogens (tertiary/aromatic N) is 2. The van der Waals surface area contributed by atoms with Crippen molar-refractivity contribution >= 4 is 6.21 Å². The summed E-state index contributed by atoms with van der Waals surface area (Å²) >= 11 is 0. The first-order valence-electron chi connectivity index (χ1n) is 4.69. The summed E-state index contributed by atoms with van der Waals surface area (Å²) < 4.78 is 10.5. The molecule has 0 saturated carbocycles. The van der Waals surface area contributed by atoms with Gasteiger partial charge in [0.25, 0.3) is 5.72 Å². The van der Waals surface area contributed by atoms with Crippen LogP contribution in [0.5, 0.6) is 0 Å². The van der Waals surface area contributed by atoms with Crippen LogP contribution >= 0.6 is 0 Å². The van der Waals surface area contributed by atoms with Gasteiger partial charge in [-0.05, 0) is 19.9 Å². The summed E-state index contributed by atoms with van der Waals surface area (Å²) in [6.07, 6.45) is 3.82. The van der Waals surface area contributed by atoms with Gasteiger partial charge in [0.1, 0.15) is 11.8 Å². The van der Waals surface area contributed by atoms with Gasteiger partial charge in [0.2, 0.25) is 0 Å². The standard InChI is InChI=1S/C10H14N2O2/c1-3-13-9-5-6-10(8-11,12-7-9)14-4-2/h5,7H,3-4,6H2,1-2H3. The Morgan fingerprint density at radius 2 is 2.36 bits per heavy atom. The predicted octanol–water partition coefficient (Wildman–Crippen LogP) is 1.64. The summed E-state index contributed by atoms with van der Waals surface area (Å²) in [7, 11) is 0. The van der Waals surface area contributed by atoms with Crippen molar-refractivity contribution < 1.29 is 9.47 Å². The van der Waals surface area contributed by atoms with E-state index >= 15 is 0 Å². The third-order valence-electron chi connectivity index (χ3n) is 1.85. The van der Waals surface area contributed by atoms with Crippen LogP contribution in [-0.2, 0) is 9.47 Å². The Balaban J connectivity index is 2.65. The van der Waals surface area contributed by atoms with Crippen molar-refractivity contribution in [2.45, 2.75) is 26.0 Å². The molecule has 0 saturated heterocycles. The van der Waals surface area contributed by atoms with E-state index in [2.05, 4.69) is 11.1 Å². The third kappa shape index (κ3) is 2.33. The second-order valence-electron chi connectivity index (χ2n) is 2.83. The monoisotopic (exact) mass is 194 g/mol. The highest BCUT2D eigenvalue weighted by atomic mass is 16.5. The summed E-state index contributed by atoms with van der Waals surface area (Å²) in [4.78, 5) is 4.07. The van der Waals surface area contributed by atoms with E-state index < -0.39 is 5.72 Å². The fraction of sp³-hybridized carbons (Fsp3) is 0.600. The van der Waals surface area contributed by atoms with E-state index in [1.54, 1.807) is 6.21 Å². The normalized spacial score (nSPS) is 25.4. The number of hydrogen-bond acceptors (Lipinski definition) is 4. The summed E-state index contributed by atoms with van der Waals surface area (Å²) in [5.74, 6) is 0.707. The van der Waals surface area contributed by atoms with Gasteiger partial charge in [-0.15, -0.1) is 0 Å². The van der Waals surface area contributed by atoms with Crippen LogP contribution in [-0.4, -0.2) is 25.2 Å². The Labute approximate surface area is 83.8 Å². The molecule has 0 N–H and O–H groups in total. The topological polar surface area (TPSA) is 54.6 Å². The minimum absolute atomic E-state index is 0.448. The first-order valence-corrected chi connectivity index (χ1v) is 4.69. The van der Waals surface area contributed by atoms with Gasteiger partial charge in [-0.25, -0.2) is 4.99 Å². The minimum atomic E-state index is -1.03. The molecule has 14 heavy (non-hydrogen) atoms. The molecule has 1 rings (SSSR count). The molecule has 4 nitrogen and oxygen atoms in total. The van der Waals surface area contributed by atoms with Crippen molar-refractivity contribution in [3.8, 4) is 6.07 Å². The van der Waals surface area contributed by atoms with E-state index in [9.17, 15) is 0 Å². The van der Waals surface area contributed by atoms with Gasteiger partial charge >= 0.3 is 0 Å². The fourth-order valence-electron chi connectivity index (χ4n) is 1.22. The molecule has 0 fully saturated rings. The Hall–Kier alpha value is -1.34. The van der Waals surface area contributed by atoms with Crippen molar-refractivity contribution in [3.05, 3.63) is 11.8 Å². The highest BCUT2D eigenvalue weighted by Gasteiger charge is 2.30. The van der Waals surface area contributed by atoms with Crippen LogP contribution in [0.15, 0.2) is 16.8 Å². The van der Waals surface area contributed by atoms with Crippen LogP contribution < -0.4 is 0 Å². The van der Waals surface area contributed by atoms with Gasteiger partial charge in [-0.2, -0.15) is 5.26 Å². The van der Waals surface area contributed by atoms with E-state index in [4.69, 9.17) is 14.7 Å². The van der Waals surface area contributed by atoms with Gasteiger partial charge < -0.3 is 9.47 Å². The highest BCUT2D eigenvalue weighted by molar-refractivity contribution is 5.77. The second kappa shape index (κ2) is 4.77. The zero-order valence-corrected chi connectivity index (χ0v) is 8.49. The number of rotatable bonds is 4. The lowest BCUT2D eigenvalue weighted by molar-refractivity contribution is 0.0127. The maximum absolute atomic E-state index is 8.93. The Morgan fingerprint density at radius 1 is 1.57 bits per heavy atom. The number of ether oxygens (including phenoxy) is 2.